The molecule has 6 heteroatoms. The van der Waals surface area contributed by atoms with Crippen LogP contribution in [0.4, 0.5) is 5.69 Å². The average Bonchev–Trinajstić information content (AvgIpc) is 3.44. The molecule has 1 aromatic heterocycles. The number of anilines is 1. The zero-order valence-electron chi connectivity index (χ0n) is 23.8. The van der Waals surface area contributed by atoms with E-state index in [4.69, 9.17) is 11.6 Å². The zero-order chi connectivity index (χ0) is 29.9. The Hall–Kier alpha value is -5.00. The molecule has 0 spiro atoms. The van der Waals surface area contributed by atoms with Gasteiger partial charge in [-0.15, -0.1) is 0 Å². The van der Waals surface area contributed by atoms with Crippen molar-refractivity contribution in [2.45, 2.75) is 25.2 Å². The van der Waals surface area contributed by atoms with Crippen LogP contribution in [0.2, 0.25) is 5.02 Å². The minimum absolute atomic E-state index is 0.00808. The van der Waals surface area contributed by atoms with Crippen LogP contribution in [0.5, 0.6) is 0 Å². The second-order valence-electron chi connectivity index (χ2n) is 11.6. The van der Waals surface area contributed by atoms with Gasteiger partial charge in [-0.25, -0.2) is 9.78 Å². The first kappa shape index (κ1) is 26.6. The number of aromatic nitrogens is 1. The molecule has 1 aliphatic carbocycles. The fourth-order valence-electron chi connectivity index (χ4n) is 7.23. The maximum absolute atomic E-state index is 14.1. The van der Waals surface area contributed by atoms with Crippen molar-refractivity contribution in [3.63, 3.8) is 0 Å². The van der Waals surface area contributed by atoms with Gasteiger partial charge in [0.2, 0.25) is 0 Å². The molecule has 5 nitrogen and oxygen atoms in total. The second kappa shape index (κ2) is 10.3. The van der Waals surface area contributed by atoms with Crippen molar-refractivity contribution in [1.29, 1.82) is 0 Å². The highest BCUT2D eigenvalue weighted by atomic mass is 35.5. The van der Waals surface area contributed by atoms with E-state index in [9.17, 15) is 14.7 Å². The number of carbonyl (C=O) groups excluding carboxylic acids is 1. The maximum atomic E-state index is 14.1. The number of carboxylic acid groups (broad SMARTS) is 1. The molecule has 1 N–H and O–H groups in total. The van der Waals surface area contributed by atoms with E-state index in [0.29, 0.717) is 41.9 Å². The summed E-state index contributed by atoms with van der Waals surface area (Å²) < 4.78 is 0. The number of carbonyl (C=O) groups is 2. The number of carboxylic acids is 1. The lowest BCUT2D eigenvalue weighted by molar-refractivity contribution is -0.114. The van der Waals surface area contributed by atoms with Crippen LogP contribution < -0.4 is 4.90 Å². The quantitative estimate of drug-likeness (QED) is 0.164. The zero-order valence-corrected chi connectivity index (χ0v) is 24.5. The summed E-state index contributed by atoms with van der Waals surface area (Å²) in [5.74, 6) is -1.19. The molecule has 1 amide bonds. The van der Waals surface area contributed by atoms with Gasteiger partial charge in [-0.2, -0.15) is 0 Å². The fraction of sp³-hybridized carbons (Fsp3) is 0.132. The summed E-state index contributed by atoms with van der Waals surface area (Å²) in [4.78, 5) is 33.1. The Morgan fingerprint density at radius 1 is 0.795 bits per heavy atom. The van der Waals surface area contributed by atoms with Crippen LogP contribution in [-0.2, 0) is 11.2 Å². The Kier molecular flexibility index (Phi) is 6.24. The van der Waals surface area contributed by atoms with Crippen LogP contribution in [0.3, 0.4) is 0 Å². The number of para-hydroxylation sites is 2. The van der Waals surface area contributed by atoms with E-state index in [-0.39, 0.29) is 17.5 Å². The van der Waals surface area contributed by atoms with Crippen molar-refractivity contribution >= 4 is 67.2 Å². The molecule has 214 valence electrons. The predicted molar refractivity (Wildman–Crippen MR) is 177 cm³/mol. The summed E-state index contributed by atoms with van der Waals surface area (Å²) in [6.45, 7) is 0.600. The monoisotopic (exact) mass is 594 g/mol. The molecule has 6 aromatic rings. The number of aromatic carboxylic acids is 1. The summed E-state index contributed by atoms with van der Waals surface area (Å²) in [5, 5.41) is 16.1. The fourth-order valence-corrected chi connectivity index (χ4v) is 7.47. The number of pyridine rings is 1. The lowest BCUT2D eigenvalue weighted by Crippen LogP contribution is -2.25. The van der Waals surface area contributed by atoms with Gasteiger partial charge in [0, 0.05) is 33.6 Å². The number of nitrogens with zero attached hydrogens (tertiary/aromatic N) is 2. The minimum atomic E-state index is -1.04. The Morgan fingerprint density at radius 2 is 1.55 bits per heavy atom. The SMILES string of the molecule is O=C(O)c1nc2ccccc2cc1C1CC(=C2CCN(c3ccccc3)C2=O)c2c(ccc3c2ccc2c(Cl)cccc23)C1. The molecule has 5 aromatic carbocycles. The van der Waals surface area contributed by atoms with E-state index in [1.807, 2.05) is 77.7 Å². The molecule has 1 atom stereocenters. The van der Waals surface area contributed by atoms with Gasteiger partial charge < -0.3 is 10.0 Å². The summed E-state index contributed by atoms with van der Waals surface area (Å²) in [6.07, 6.45) is 1.81. The van der Waals surface area contributed by atoms with Crippen LogP contribution in [0.25, 0.3) is 38.0 Å². The van der Waals surface area contributed by atoms with Gasteiger partial charge in [0.25, 0.3) is 5.91 Å². The Balaban J connectivity index is 1.36. The van der Waals surface area contributed by atoms with Crippen LogP contribution >= 0.6 is 11.6 Å². The number of allylic oxidation sites excluding steroid dienone is 1. The third-order valence-corrected chi connectivity index (χ3v) is 9.56. The molecule has 1 saturated heterocycles. The molecule has 1 fully saturated rings. The molecular formula is C38H27ClN2O3. The van der Waals surface area contributed by atoms with Gasteiger partial charge >= 0.3 is 5.97 Å². The molecule has 0 radical (unpaired) electrons. The molecule has 1 unspecified atom stereocenters. The van der Waals surface area contributed by atoms with E-state index in [0.717, 1.165) is 54.9 Å². The summed E-state index contributed by atoms with van der Waals surface area (Å²) in [5.41, 5.74) is 6.30. The first-order chi connectivity index (χ1) is 21.5. The number of fused-ring (bicyclic) bond motifs is 6. The van der Waals surface area contributed by atoms with Gasteiger partial charge in [0.05, 0.1) is 5.52 Å². The van der Waals surface area contributed by atoms with Gasteiger partial charge in [-0.1, -0.05) is 84.4 Å². The van der Waals surface area contributed by atoms with Gasteiger partial charge in [0.1, 0.15) is 0 Å². The standard InChI is InChI=1S/C38H27ClN2O3/c39-33-11-6-10-26-27-14-13-23-19-24(31-20-22-7-4-5-12-34(22)40-36(31)38(43)44)21-32(35(23)29(27)16-15-28(26)33)30-17-18-41(37(30)42)25-8-2-1-3-9-25/h1-16,20,24H,17-19,21H2,(H,43,44). The van der Waals surface area contributed by atoms with Crippen molar-refractivity contribution in [3.05, 3.63) is 136 Å². The normalized spacial score (nSPS) is 18.3. The van der Waals surface area contributed by atoms with Gasteiger partial charge in [0.15, 0.2) is 5.69 Å². The lowest BCUT2D eigenvalue weighted by atomic mass is 9.73. The van der Waals surface area contributed by atoms with Crippen molar-refractivity contribution in [2.24, 2.45) is 0 Å². The molecule has 44 heavy (non-hydrogen) atoms. The van der Waals surface area contributed by atoms with E-state index in [2.05, 4.69) is 35.3 Å². The molecular weight excluding hydrogens is 568 g/mol. The number of amides is 1. The number of hydrogen-bond acceptors (Lipinski definition) is 3. The summed E-state index contributed by atoms with van der Waals surface area (Å²) in [7, 11) is 0. The largest absolute Gasteiger partial charge is 0.477 e. The topological polar surface area (TPSA) is 70.5 Å². The van der Waals surface area contributed by atoms with Crippen LogP contribution in [-0.4, -0.2) is 28.5 Å². The van der Waals surface area contributed by atoms with Crippen LogP contribution in [0.15, 0.2) is 109 Å². The Bertz CT molecular complexity index is 2210. The Labute approximate surface area is 259 Å². The Morgan fingerprint density at radius 3 is 2.39 bits per heavy atom. The molecule has 0 saturated carbocycles. The van der Waals surface area contributed by atoms with E-state index < -0.39 is 5.97 Å². The third kappa shape index (κ3) is 4.19. The second-order valence-corrected chi connectivity index (χ2v) is 12.0. The smallest absolute Gasteiger partial charge is 0.354 e. The van der Waals surface area contributed by atoms with Crippen molar-refractivity contribution in [3.8, 4) is 0 Å². The highest BCUT2D eigenvalue weighted by Crippen LogP contribution is 2.47. The highest BCUT2D eigenvalue weighted by molar-refractivity contribution is 6.36. The van der Waals surface area contributed by atoms with Crippen LogP contribution in [0, 0.1) is 0 Å². The first-order valence-electron chi connectivity index (χ1n) is 14.8. The molecule has 0 bridgehead atoms. The predicted octanol–water partition coefficient (Wildman–Crippen LogP) is 8.81. The van der Waals surface area contributed by atoms with Crippen molar-refractivity contribution < 1.29 is 14.7 Å². The minimum Gasteiger partial charge on any atom is -0.477 e. The van der Waals surface area contributed by atoms with E-state index in [1.165, 1.54) is 0 Å². The average molecular weight is 595 g/mol. The molecule has 2 heterocycles. The van der Waals surface area contributed by atoms with Gasteiger partial charge in [-0.05, 0) is 93.9 Å². The molecule has 8 rings (SSSR count). The molecule has 1 aliphatic heterocycles. The number of hydrogen-bond donors (Lipinski definition) is 1. The highest BCUT2D eigenvalue weighted by Gasteiger charge is 2.36. The third-order valence-electron chi connectivity index (χ3n) is 9.23. The summed E-state index contributed by atoms with van der Waals surface area (Å²) >= 11 is 6.58. The number of halogens is 1. The first-order valence-corrected chi connectivity index (χ1v) is 15.2. The van der Waals surface area contributed by atoms with E-state index >= 15 is 0 Å². The number of rotatable bonds is 3. The number of benzene rings is 5. The molecule has 2 aliphatic rings. The van der Waals surface area contributed by atoms with Crippen molar-refractivity contribution in [1.82, 2.24) is 4.98 Å². The van der Waals surface area contributed by atoms with Crippen LogP contribution in [0.1, 0.15) is 45.9 Å². The lowest BCUT2D eigenvalue weighted by Gasteiger charge is -2.31. The maximum Gasteiger partial charge on any atom is 0.354 e. The summed E-state index contributed by atoms with van der Waals surface area (Å²) in [6, 6.07) is 33.8. The van der Waals surface area contributed by atoms with Crippen molar-refractivity contribution in [2.75, 3.05) is 11.4 Å². The van der Waals surface area contributed by atoms with E-state index in [1.54, 1.807) is 0 Å². The van der Waals surface area contributed by atoms with Gasteiger partial charge in [-0.3, -0.25) is 4.79 Å².